The van der Waals surface area contributed by atoms with Crippen LogP contribution in [0.15, 0.2) is 48.8 Å². The molecule has 2 aliphatic carbocycles. The van der Waals surface area contributed by atoms with E-state index < -0.39 is 28.8 Å². The average molecular weight is 503 g/mol. The van der Waals surface area contributed by atoms with E-state index in [1.165, 1.54) is 12.1 Å². The lowest BCUT2D eigenvalue weighted by molar-refractivity contribution is -0.137. The minimum Gasteiger partial charge on any atom is -0.385 e. The van der Waals surface area contributed by atoms with Gasteiger partial charge >= 0.3 is 6.18 Å². The van der Waals surface area contributed by atoms with Crippen molar-refractivity contribution < 1.29 is 27.9 Å². The second-order valence-electron chi connectivity index (χ2n) is 10.3. The second-order valence-corrected chi connectivity index (χ2v) is 10.3. The topological polar surface area (TPSA) is 103 Å². The molecule has 1 aliphatic heterocycles. The molecule has 0 spiro atoms. The highest BCUT2D eigenvalue weighted by Crippen LogP contribution is 2.60. The molecule has 192 valence electrons. The summed E-state index contributed by atoms with van der Waals surface area (Å²) in [5.74, 6) is -0.634. The summed E-state index contributed by atoms with van der Waals surface area (Å²) in [6.45, 7) is 1.01. The number of halogens is 3. The smallest absolute Gasteiger partial charge is 0.385 e. The van der Waals surface area contributed by atoms with Crippen molar-refractivity contribution in [1.29, 1.82) is 0 Å². The van der Waals surface area contributed by atoms with Crippen LogP contribution in [0.1, 0.15) is 47.2 Å². The Morgan fingerprint density at radius 1 is 1.19 bits per heavy atom. The first-order chi connectivity index (χ1) is 17.1. The highest BCUT2D eigenvalue weighted by Gasteiger charge is 2.60. The van der Waals surface area contributed by atoms with Gasteiger partial charge in [-0.25, -0.2) is 0 Å². The van der Waals surface area contributed by atoms with Gasteiger partial charge in [0.2, 0.25) is 5.91 Å². The number of benzene rings is 1. The molecule has 4 N–H and O–H groups in total. The monoisotopic (exact) mass is 502 g/mol. The third-order valence-corrected chi connectivity index (χ3v) is 8.25. The van der Waals surface area contributed by atoms with E-state index in [1.807, 2.05) is 12.1 Å². The van der Waals surface area contributed by atoms with Crippen molar-refractivity contribution in [3.8, 4) is 0 Å². The maximum absolute atomic E-state index is 13.0. The van der Waals surface area contributed by atoms with Gasteiger partial charge < -0.3 is 21.1 Å². The molecule has 3 aliphatic rings. The Kier molecular flexibility index (Phi) is 6.28. The van der Waals surface area contributed by atoms with Crippen molar-refractivity contribution in [2.24, 2.45) is 17.8 Å². The van der Waals surface area contributed by atoms with E-state index in [-0.39, 0.29) is 35.8 Å². The Morgan fingerprint density at radius 2 is 2.03 bits per heavy atom. The van der Waals surface area contributed by atoms with Gasteiger partial charge in [-0.2, -0.15) is 13.2 Å². The van der Waals surface area contributed by atoms with Gasteiger partial charge in [0.15, 0.2) is 0 Å². The van der Waals surface area contributed by atoms with Crippen LogP contribution in [0.5, 0.6) is 0 Å². The Hall–Kier alpha value is -2.98. The number of carbonyl (C=O) groups is 2. The predicted octanol–water partition coefficient (Wildman–Crippen LogP) is 2.61. The first kappa shape index (κ1) is 24.7. The molecule has 2 heterocycles. The summed E-state index contributed by atoms with van der Waals surface area (Å²) in [4.78, 5) is 29.5. The molecule has 2 aromatic rings. The van der Waals surface area contributed by atoms with Crippen LogP contribution < -0.4 is 16.0 Å². The first-order valence-corrected chi connectivity index (χ1v) is 12.2. The number of pyridine rings is 1. The summed E-state index contributed by atoms with van der Waals surface area (Å²) in [5, 5.41) is 20.4. The lowest BCUT2D eigenvalue weighted by atomic mass is 9.68. The Labute approximate surface area is 206 Å². The number of hydrogen-bond donors (Lipinski definition) is 4. The summed E-state index contributed by atoms with van der Waals surface area (Å²) in [7, 11) is 0. The van der Waals surface area contributed by atoms with E-state index in [1.54, 1.807) is 12.4 Å². The molecule has 10 heteroatoms. The van der Waals surface area contributed by atoms with Gasteiger partial charge in [-0.3, -0.25) is 14.6 Å². The molecule has 2 amide bonds. The number of hydrogen-bond acceptors (Lipinski definition) is 5. The largest absolute Gasteiger partial charge is 0.416 e. The molecule has 2 bridgehead atoms. The molecule has 5 atom stereocenters. The van der Waals surface area contributed by atoms with Gasteiger partial charge in [0.25, 0.3) is 5.91 Å². The zero-order valence-corrected chi connectivity index (χ0v) is 19.6. The highest BCUT2D eigenvalue weighted by molar-refractivity contribution is 5.96. The van der Waals surface area contributed by atoms with Gasteiger partial charge in [0, 0.05) is 30.1 Å². The molecule has 1 aromatic carbocycles. The molecule has 5 rings (SSSR count). The third-order valence-electron chi connectivity index (χ3n) is 8.25. The van der Waals surface area contributed by atoms with Crippen LogP contribution in [0.2, 0.25) is 0 Å². The minimum atomic E-state index is -4.56. The SMILES string of the molecule is O=C(CNC(=O)c1cccc(C(F)(F)F)c1)N[C@@]1(C2CC3CC2CC3(O)c2cccnc2)CCNC1. The van der Waals surface area contributed by atoms with Crippen molar-refractivity contribution in [2.75, 3.05) is 19.6 Å². The number of carbonyl (C=O) groups excluding carboxylic acids is 2. The second kappa shape index (κ2) is 9.15. The highest BCUT2D eigenvalue weighted by atomic mass is 19.4. The van der Waals surface area contributed by atoms with Crippen LogP contribution in [0.25, 0.3) is 0 Å². The van der Waals surface area contributed by atoms with Crippen molar-refractivity contribution in [1.82, 2.24) is 20.9 Å². The summed E-state index contributed by atoms with van der Waals surface area (Å²) in [6.07, 6.45) is 1.84. The van der Waals surface area contributed by atoms with Gasteiger partial charge in [-0.05, 0) is 74.2 Å². The van der Waals surface area contributed by atoms with Crippen molar-refractivity contribution >= 4 is 11.8 Å². The minimum absolute atomic E-state index is 0.0756. The lowest BCUT2D eigenvalue weighted by Gasteiger charge is -2.44. The molecule has 0 radical (unpaired) electrons. The van der Waals surface area contributed by atoms with Gasteiger partial charge in [-0.1, -0.05) is 12.1 Å². The van der Waals surface area contributed by atoms with Crippen molar-refractivity contribution in [2.45, 2.75) is 43.0 Å². The Balaban J connectivity index is 1.23. The normalized spacial score (nSPS) is 31.4. The number of rotatable bonds is 6. The molecule has 2 saturated carbocycles. The fourth-order valence-corrected chi connectivity index (χ4v) is 6.60. The molecule has 36 heavy (non-hydrogen) atoms. The predicted molar refractivity (Wildman–Crippen MR) is 125 cm³/mol. The number of nitrogens with one attached hydrogen (secondary N) is 3. The Morgan fingerprint density at radius 3 is 2.67 bits per heavy atom. The fourth-order valence-electron chi connectivity index (χ4n) is 6.60. The Bertz CT molecular complexity index is 1140. The van der Waals surface area contributed by atoms with Crippen molar-refractivity contribution in [3.05, 3.63) is 65.5 Å². The molecular formula is C26H29F3N4O3. The summed E-state index contributed by atoms with van der Waals surface area (Å²) >= 11 is 0. The van der Waals surface area contributed by atoms with Crippen LogP contribution in [-0.4, -0.2) is 47.1 Å². The molecule has 4 unspecified atom stereocenters. The zero-order valence-electron chi connectivity index (χ0n) is 19.6. The van der Waals surface area contributed by atoms with Crippen LogP contribution in [-0.2, 0) is 16.6 Å². The molecule has 7 nitrogen and oxygen atoms in total. The lowest BCUT2D eigenvalue weighted by Crippen LogP contribution is -2.59. The van der Waals surface area contributed by atoms with E-state index in [2.05, 4.69) is 20.9 Å². The summed E-state index contributed by atoms with van der Waals surface area (Å²) < 4.78 is 38.9. The van der Waals surface area contributed by atoms with Gasteiger partial charge in [-0.15, -0.1) is 0 Å². The number of nitrogens with zero attached hydrogens (tertiary/aromatic N) is 1. The standard InChI is InChI=1S/C26H29F3N4O3/c27-26(28,29)18-4-1-3-16(9-18)23(35)32-14-22(34)33-24(6-8-31-15-24)21-11-20-10-17(21)12-25(20,36)19-5-2-7-30-13-19/h1-5,7,9,13,17,20-21,31,36H,6,8,10-12,14-15H2,(H,32,35)(H,33,34)/t17?,20?,21?,24-,25?/m0/s1. The maximum Gasteiger partial charge on any atom is 0.416 e. The van der Waals surface area contributed by atoms with Crippen LogP contribution in [0.4, 0.5) is 13.2 Å². The number of aliphatic hydroxyl groups is 1. The summed E-state index contributed by atoms with van der Waals surface area (Å²) in [6, 6.07) is 7.85. The number of fused-ring (bicyclic) bond motifs is 2. The van der Waals surface area contributed by atoms with E-state index >= 15 is 0 Å². The summed E-state index contributed by atoms with van der Waals surface area (Å²) in [5.41, 5.74) is -1.65. The number of alkyl halides is 3. The molecular weight excluding hydrogens is 473 g/mol. The molecule has 1 aromatic heterocycles. The van der Waals surface area contributed by atoms with Crippen molar-refractivity contribution in [3.63, 3.8) is 0 Å². The van der Waals surface area contributed by atoms with Crippen LogP contribution in [0, 0.1) is 17.8 Å². The van der Waals surface area contributed by atoms with E-state index in [4.69, 9.17) is 0 Å². The fraction of sp³-hybridized carbons (Fsp3) is 0.500. The quantitative estimate of drug-likeness (QED) is 0.486. The van der Waals surface area contributed by atoms with E-state index in [0.29, 0.717) is 13.0 Å². The molecule has 1 saturated heterocycles. The number of amides is 2. The zero-order chi connectivity index (χ0) is 25.6. The van der Waals surface area contributed by atoms with E-state index in [0.717, 1.165) is 43.5 Å². The molecule has 3 fully saturated rings. The van der Waals surface area contributed by atoms with E-state index in [9.17, 15) is 27.9 Å². The third kappa shape index (κ3) is 4.48. The first-order valence-electron chi connectivity index (χ1n) is 12.2. The average Bonchev–Trinajstić information content (AvgIpc) is 3.58. The van der Waals surface area contributed by atoms with Gasteiger partial charge in [0.1, 0.15) is 0 Å². The number of aromatic nitrogens is 1. The van der Waals surface area contributed by atoms with Crippen LogP contribution >= 0.6 is 0 Å². The van der Waals surface area contributed by atoms with Crippen LogP contribution in [0.3, 0.4) is 0 Å². The maximum atomic E-state index is 13.0. The van der Waals surface area contributed by atoms with Gasteiger partial charge in [0.05, 0.1) is 23.2 Å².